The zero-order valence-electron chi connectivity index (χ0n) is 17.1. The number of amides is 1. The van der Waals surface area contributed by atoms with Gasteiger partial charge in [0.25, 0.3) is 0 Å². The molecule has 0 fully saturated rings. The lowest BCUT2D eigenvalue weighted by atomic mass is 9.99. The van der Waals surface area contributed by atoms with Crippen LogP contribution in [0.2, 0.25) is 0 Å². The van der Waals surface area contributed by atoms with Crippen LogP contribution in [-0.2, 0) is 4.79 Å². The zero-order valence-corrected chi connectivity index (χ0v) is 17.9. The molecule has 0 bridgehead atoms. The van der Waals surface area contributed by atoms with Crippen LogP contribution in [0.5, 0.6) is 0 Å². The number of para-hydroxylation sites is 1. The van der Waals surface area contributed by atoms with Gasteiger partial charge in [0.15, 0.2) is 0 Å². The fraction of sp³-hybridized carbons (Fsp3) is 0.0741. The van der Waals surface area contributed by atoms with Crippen LogP contribution in [0.3, 0.4) is 0 Å². The maximum Gasteiger partial charge on any atom is 0.238 e. The molecule has 2 N–H and O–H groups in total. The normalized spacial score (nSPS) is 10.4. The number of rotatable bonds is 7. The summed E-state index contributed by atoms with van der Waals surface area (Å²) in [5, 5.41) is 6.49. The zero-order chi connectivity index (χ0) is 20.6. The minimum absolute atomic E-state index is 0. The molecule has 4 heteroatoms. The van der Waals surface area contributed by atoms with E-state index in [-0.39, 0.29) is 30.9 Å². The Bertz CT molecular complexity index is 1050. The predicted molar refractivity (Wildman–Crippen MR) is 130 cm³/mol. The van der Waals surface area contributed by atoms with E-state index >= 15 is 0 Å². The van der Waals surface area contributed by atoms with E-state index in [9.17, 15) is 4.79 Å². The van der Waals surface area contributed by atoms with Gasteiger partial charge in [-0.2, -0.15) is 0 Å². The van der Waals surface area contributed by atoms with Crippen LogP contribution in [0.25, 0.3) is 11.1 Å². The Labute approximate surface area is 189 Å². The van der Waals surface area contributed by atoms with Gasteiger partial charge in [-0.3, -0.25) is 10.1 Å². The third kappa shape index (κ3) is 5.82. The van der Waals surface area contributed by atoms with E-state index in [2.05, 4.69) is 34.9 Å². The number of benzene rings is 4. The highest BCUT2D eigenvalue weighted by Crippen LogP contribution is 2.27. The van der Waals surface area contributed by atoms with E-state index in [0.29, 0.717) is 0 Å². The molecule has 31 heavy (non-hydrogen) atoms. The summed E-state index contributed by atoms with van der Waals surface area (Å²) in [7, 11) is 0. The monoisotopic (exact) mass is 428 g/mol. The van der Waals surface area contributed by atoms with Crippen LogP contribution in [0, 0.1) is 0 Å². The van der Waals surface area contributed by atoms with E-state index < -0.39 is 0 Å². The molecule has 0 aliphatic carbocycles. The van der Waals surface area contributed by atoms with Crippen molar-refractivity contribution in [3.8, 4) is 11.1 Å². The van der Waals surface area contributed by atoms with E-state index in [0.717, 1.165) is 27.9 Å². The van der Waals surface area contributed by atoms with Gasteiger partial charge in [-0.25, -0.2) is 0 Å². The molecule has 0 atom stereocenters. The number of anilines is 1. The Kier molecular flexibility index (Phi) is 7.99. The molecule has 0 aromatic heterocycles. The summed E-state index contributed by atoms with van der Waals surface area (Å²) in [6.45, 7) is 0.206. The molecule has 0 radical (unpaired) electrons. The van der Waals surface area contributed by atoms with Gasteiger partial charge < -0.3 is 5.32 Å². The highest BCUT2D eigenvalue weighted by Gasteiger charge is 2.15. The fourth-order valence-corrected chi connectivity index (χ4v) is 3.57. The summed E-state index contributed by atoms with van der Waals surface area (Å²) >= 11 is 0. The van der Waals surface area contributed by atoms with Crippen molar-refractivity contribution in [2.24, 2.45) is 0 Å². The number of hydrogen-bond donors (Lipinski definition) is 2. The highest BCUT2D eigenvalue weighted by molar-refractivity contribution is 5.96. The molecule has 3 nitrogen and oxygen atoms in total. The van der Waals surface area contributed by atoms with E-state index in [1.54, 1.807) is 0 Å². The van der Waals surface area contributed by atoms with Crippen LogP contribution in [0.1, 0.15) is 17.2 Å². The molecular formula is C27H25ClN2O. The van der Waals surface area contributed by atoms with Crippen molar-refractivity contribution in [2.45, 2.75) is 6.04 Å². The molecular weight excluding hydrogens is 404 g/mol. The van der Waals surface area contributed by atoms with Gasteiger partial charge in [-0.05, 0) is 22.8 Å². The van der Waals surface area contributed by atoms with E-state index in [1.165, 1.54) is 0 Å². The summed E-state index contributed by atoms with van der Waals surface area (Å²) in [4.78, 5) is 12.8. The van der Waals surface area contributed by atoms with Crippen molar-refractivity contribution in [2.75, 3.05) is 11.9 Å². The van der Waals surface area contributed by atoms with Crippen molar-refractivity contribution in [1.82, 2.24) is 5.32 Å². The summed E-state index contributed by atoms with van der Waals surface area (Å²) < 4.78 is 0. The van der Waals surface area contributed by atoms with Crippen LogP contribution >= 0.6 is 12.4 Å². The average Bonchev–Trinajstić information content (AvgIpc) is 2.81. The first-order chi connectivity index (χ1) is 14.8. The SMILES string of the molecule is Cl.O=C(CNC(c1ccccc1)c1ccccc1)Nc1ccccc1-c1ccccc1. The Morgan fingerprint density at radius 2 is 1.13 bits per heavy atom. The smallest absolute Gasteiger partial charge is 0.238 e. The summed E-state index contributed by atoms with van der Waals surface area (Å²) in [6.07, 6.45) is 0. The van der Waals surface area contributed by atoms with Gasteiger partial charge in [-0.1, -0.05) is 109 Å². The van der Waals surface area contributed by atoms with Gasteiger partial charge in [0.1, 0.15) is 0 Å². The highest BCUT2D eigenvalue weighted by atomic mass is 35.5. The number of carbonyl (C=O) groups is 1. The molecule has 156 valence electrons. The Morgan fingerprint density at radius 1 is 0.645 bits per heavy atom. The molecule has 4 aromatic carbocycles. The van der Waals surface area contributed by atoms with Crippen molar-refractivity contribution < 1.29 is 4.79 Å². The Balaban J connectivity index is 0.00000272. The third-order valence-electron chi connectivity index (χ3n) is 5.02. The quantitative estimate of drug-likeness (QED) is 0.373. The van der Waals surface area contributed by atoms with Crippen LogP contribution < -0.4 is 10.6 Å². The van der Waals surface area contributed by atoms with Crippen molar-refractivity contribution >= 4 is 24.0 Å². The maximum atomic E-state index is 12.8. The number of nitrogens with one attached hydrogen (secondary N) is 2. The molecule has 0 saturated heterocycles. The second kappa shape index (κ2) is 11.1. The van der Waals surface area contributed by atoms with Gasteiger partial charge in [0.2, 0.25) is 5.91 Å². The van der Waals surface area contributed by atoms with E-state index in [1.807, 2.05) is 91.0 Å². The largest absolute Gasteiger partial charge is 0.324 e. The van der Waals surface area contributed by atoms with Crippen molar-refractivity contribution in [3.05, 3.63) is 126 Å². The lowest BCUT2D eigenvalue weighted by molar-refractivity contribution is -0.115. The molecule has 1 amide bonds. The van der Waals surface area contributed by atoms with Crippen molar-refractivity contribution in [3.63, 3.8) is 0 Å². The number of halogens is 1. The van der Waals surface area contributed by atoms with Crippen LogP contribution in [0.15, 0.2) is 115 Å². The first-order valence-corrected chi connectivity index (χ1v) is 10.1. The van der Waals surface area contributed by atoms with Crippen molar-refractivity contribution in [1.29, 1.82) is 0 Å². The van der Waals surface area contributed by atoms with Gasteiger partial charge in [-0.15, -0.1) is 12.4 Å². The Morgan fingerprint density at radius 3 is 1.71 bits per heavy atom. The second-order valence-corrected chi connectivity index (χ2v) is 7.10. The van der Waals surface area contributed by atoms with Crippen LogP contribution in [0.4, 0.5) is 5.69 Å². The molecule has 0 aliphatic rings. The molecule has 0 aliphatic heterocycles. The molecule has 0 saturated carbocycles. The van der Waals surface area contributed by atoms with Gasteiger partial charge in [0, 0.05) is 11.3 Å². The predicted octanol–water partition coefficient (Wildman–Crippen LogP) is 6.09. The molecule has 0 unspecified atom stereocenters. The number of carbonyl (C=O) groups excluding carboxylic acids is 1. The van der Waals surface area contributed by atoms with Gasteiger partial charge in [0.05, 0.1) is 12.6 Å². The Hall–Kier alpha value is -3.40. The summed E-state index contributed by atoms with van der Waals surface area (Å²) in [5.41, 5.74) is 5.15. The van der Waals surface area contributed by atoms with E-state index in [4.69, 9.17) is 0 Å². The molecule has 0 heterocycles. The third-order valence-corrected chi connectivity index (χ3v) is 5.02. The van der Waals surface area contributed by atoms with Crippen LogP contribution in [-0.4, -0.2) is 12.5 Å². The fourth-order valence-electron chi connectivity index (χ4n) is 3.57. The first-order valence-electron chi connectivity index (χ1n) is 10.1. The maximum absolute atomic E-state index is 12.8. The molecule has 0 spiro atoms. The minimum Gasteiger partial charge on any atom is -0.324 e. The molecule has 4 rings (SSSR count). The average molecular weight is 429 g/mol. The standard InChI is InChI=1S/C27H24N2O.ClH/c30-26(29-25-19-11-10-18-24(25)21-12-4-1-5-13-21)20-28-27(22-14-6-2-7-15-22)23-16-8-3-9-17-23;/h1-19,27-28H,20H2,(H,29,30);1H. The lowest BCUT2D eigenvalue weighted by Crippen LogP contribution is -2.32. The summed E-state index contributed by atoms with van der Waals surface area (Å²) in [5.74, 6) is -0.0738. The number of hydrogen-bond acceptors (Lipinski definition) is 2. The second-order valence-electron chi connectivity index (χ2n) is 7.10. The first kappa shape index (κ1) is 22.3. The lowest BCUT2D eigenvalue weighted by Gasteiger charge is -2.20. The summed E-state index contributed by atoms with van der Waals surface area (Å²) in [6, 6.07) is 38.3. The topological polar surface area (TPSA) is 41.1 Å². The molecule has 4 aromatic rings. The van der Waals surface area contributed by atoms with Gasteiger partial charge >= 0.3 is 0 Å². The minimum atomic E-state index is -0.0738.